The summed E-state index contributed by atoms with van der Waals surface area (Å²) in [6.07, 6.45) is 9.21. The summed E-state index contributed by atoms with van der Waals surface area (Å²) >= 11 is 0. The van der Waals surface area contributed by atoms with Crippen LogP contribution in [0.2, 0.25) is 0 Å². The number of ether oxygens (including phenoxy) is 2. The summed E-state index contributed by atoms with van der Waals surface area (Å²) < 4.78 is 39.7. The molecule has 4 aliphatic rings. The minimum absolute atomic E-state index is 0.0155. The van der Waals surface area contributed by atoms with E-state index in [0.29, 0.717) is 36.4 Å². The maximum Gasteiger partial charge on any atom is 0.408 e. The number of rotatable bonds is 9. The summed E-state index contributed by atoms with van der Waals surface area (Å²) in [5, 5.41) is 27.9. The van der Waals surface area contributed by atoms with Crippen molar-refractivity contribution in [1.29, 1.82) is 0 Å². The molecule has 3 heterocycles. The molecule has 5 atom stereocenters. The van der Waals surface area contributed by atoms with Gasteiger partial charge in [-0.2, -0.15) is 4.80 Å². The zero-order valence-electron chi connectivity index (χ0n) is 31.9. The Morgan fingerprint density at radius 1 is 0.966 bits per heavy atom. The molecule has 7 rings (SSSR count). The SMILES string of the molecule is COc1ccc(-c2nnn([C@@H]3C[C@H]4C(=O)N[C@@]5(C(=O)NS(=O)(=O)c6ccc(C(=O)O)cc6)C[C@H]5/C=C\CCCCC[C@@H](NC(=O)OC5CCCC5)C(=O)N4C3)n2)cc1. The number of carboxylic acids is 1. The lowest BCUT2D eigenvalue weighted by molar-refractivity contribution is -0.141. The first-order chi connectivity index (χ1) is 27.9. The Balaban J connectivity index is 1.17. The van der Waals surface area contributed by atoms with Crippen molar-refractivity contribution in [3.05, 3.63) is 66.2 Å². The van der Waals surface area contributed by atoms with E-state index in [0.717, 1.165) is 62.8 Å². The normalized spacial score (nSPS) is 25.9. The summed E-state index contributed by atoms with van der Waals surface area (Å²) in [4.78, 5) is 69.8. The Labute approximate surface area is 334 Å². The number of carbonyl (C=O) groups is 5. The molecule has 2 aliphatic heterocycles. The van der Waals surface area contributed by atoms with Gasteiger partial charge in [0.1, 0.15) is 29.5 Å². The molecule has 19 heteroatoms. The second-order valence-electron chi connectivity index (χ2n) is 15.2. The van der Waals surface area contributed by atoms with E-state index in [2.05, 4.69) is 30.8 Å². The zero-order valence-corrected chi connectivity index (χ0v) is 32.7. The van der Waals surface area contributed by atoms with Gasteiger partial charge in [0, 0.05) is 24.4 Å². The summed E-state index contributed by atoms with van der Waals surface area (Å²) in [6, 6.07) is 8.57. The number of amides is 4. The molecule has 4 amide bonds. The number of alkyl carbamates (subject to hydrolysis) is 1. The Bertz CT molecular complexity index is 2170. The second kappa shape index (κ2) is 16.9. The van der Waals surface area contributed by atoms with E-state index in [1.54, 1.807) is 37.5 Å². The van der Waals surface area contributed by atoms with Crippen molar-refractivity contribution in [2.45, 2.75) is 105 Å². The first-order valence-electron chi connectivity index (χ1n) is 19.5. The average molecular weight is 819 g/mol. The standard InChI is InChI=1S/C39H46N8O10S/c1-56-28-17-13-24(14-18-28)33-42-45-47(43-33)27-21-32-34(48)41-39(37(52)44-58(54,55)30-19-15-25(16-20-30)36(50)51)22-26(39)9-5-3-2-4-6-12-31(35(49)46(32)23-27)40-38(53)57-29-10-7-8-11-29/h5,9,13-20,26-27,29,31-32H,2-4,6-8,10-12,21-23H2,1H3,(H,40,53)(H,41,48)(H,44,52)(H,50,51)/b9-5-/t26-,27-,31-,32+,39+/m1/s1. The molecule has 2 saturated carbocycles. The van der Waals surface area contributed by atoms with Gasteiger partial charge >= 0.3 is 12.1 Å². The highest BCUT2D eigenvalue weighted by Gasteiger charge is 2.61. The molecule has 3 fully saturated rings. The van der Waals surface area contributed by atoms with Gasteiger partial charge in [-0.05, 0) is 105 Å². The van der Waals surface area contributed by atoms with E-state index in [9.17, 15) is 37.5 Å². The van der Waals surface area contributed by atoms with Gasteiger partial charge in [-0.15, -0.1) is 10.2 Å². The highest BCUT2D eigenvalue weighted by atomic mass is 32.2. The number of carboxylic acid groups (broad SMARTS) is 1. The minimum Gasteiger partial charge on any atom is -0.497 e. The third-order valence-electron chi connectivity index (χ3n) is 11.3. The Hall–Kier alpha value is -5.85. The highest BCUT2D eigenvalue weighted by Crippen LogP contribution is 2.46. The average Bonchev–Trinajstić information content (AvgIpc) is 3.68. The fraction of sp³-hybridized carbons (Fsp3) is 0.487. The largest absolute Gasteiger partial charge is 0.497 e. The monoisotopic (exact) mass is 818 g/mol. The van der Waals surface area contributed by atoms with Crippen molar-refractivity contribution in [3.63, 3.8) is 0 Å². The number of nitrogens with one attached hydrogen (secondary N) is 3. The zero-order chi connectivity index (χ0) is 41.0. The molecule has 0 unspecified atom stereocenters. The van der Waals surface area contributed by atoms with Gasteiger partial charge in [0.25, 0.3) is 15.9 Å². The lowest BCUT2D eigenvalue weighted by Crippen LogP contribution is -2.58. The van der Waals surface area contributed by atoms with Gasteiger partial charge in [0.15, 0.2) is 0 Å². The number of aromatic nitrogens is 4. The van der Waals surface area contributed by atoms with Crippen molar-refractivity contribution in [2.75, 3.05) is 13.7 Å². The lowest BCUT2D eigenvalue weighted by Gasteiger charge is -2.30. The quantitative estimate of drug-likeness (QED) is 0.227. The molecular formula is C39H46N8O10S. The fourth-order valence-corrected chi connectivity index (χ4v) is 8.92. The molecule has 1 aromatic heterocycles. The number of nitrogens with zero attached hydrogens (tertiary/aromatic N) is 5. The fourth-order valence-electron chi connectivity index (χ4n) is 7.88. The highest BCUT2D eigenvalue weighted by molar-refractivity contribution is 7.90. The summed E-state index contributed by atoms with van der Waals surface area (Å²) in [6.45, 7) is -0.0333. The molecule has 308 valence electrons. The number of hydrogen-bond donors (Lipinski definition) is 4. The number of carbonyl (C=O) groups excluding carboxylic acids is 4. The molecule has 0 spiro atoms. The van der Waals surface area contributed by atoms with Crippen LogP contribution in [-0.2, 0) is 29.1 Å². The topological polar surface area (TPSA) is 241 Å². The second-order valence-corrected chi connectivity index (χ2v) is 16.9. The van der Waals surface area contributed by atoms with Gasteiger partial charge in [-0.1, -0.05) is 25.0 Å². The van der Waals surface area contributed by atoms with E-state index >= 15 is 0 Å². The first-order valence-corrected chi connectivity index (χ1v) is 21.0. The van der Waals surface area contributed by atoms with Gasteiger partial charge in [-0.3, -0.25) is 14.4 Å². The van der Waals surface area contributed by atoms with E-state index in [1.807, 2.05) is 6.08 Å². The van der Waals surface area contributed by atoms with Crippen LogP contribution in [0.1, 0.15) is 87.0 Å². The van der Waals surface area contributed by atoms with Gasteiger partial charge in [0.2, 0.25) is 17.6 Å². The van der Waals surface area contributed by atoms with Crippen LogP contribution >= 0.6 is 0 Å². The molecule has 18 nitrogen and oxygen atoms in total. The van der Waals surface area contributed by atoms with Crippen LogP contribution in [0.5, 0.6) is 5.75 Å². The first kappa shape index (κ1) is 40.4. The van der Waals surface area contributed by atoms with Crippen molar-refractivity contribution in [3.8, 4) is 17.1 Å². The molecule has 3 aromatic rings. The predicted octanol–water partition coefficient (Wildman–Crippen LogP) is 3.13. The molecular weight excluding hydrogens is 773 g/mol. The summed E-state index contributed by atoms with van der Waals surface area (Å²) in [5.41, 5.74) is -1.16. The molecule has 0 bridgehead atoms. The van der Waals surface area contributed by atoms with Crippen molar-refractivity contribution < 1.29 is 47.0 Å². The third-order valence-corrected chi connectivity index (χ3v) is 12.6. The molecule has 2 aliphatic carbocycles. The van der Waals surface area contributed by atoms with E-state index in [1.165, 1.54) is 9.70 Å². The van der Waals surface area contributed by atoms with Crippen LogP contribution in [0.15, 0.2) is 65.6 Å². The van der Waals surface area contributed by atoms with Crippen LogP contribution in [0, 0.1) is 5.92 Å². The number of sulfonamides is 1. The number of tetrazole rings is 1. The van der Waals surface area contributed by atoms with Crippen molar-refractivity contribution in [2.24, 2.45) is 5.92 Å². The Kier molecular flexibility index (Phi) is 11.8. The van der Waals surface area contributed by atoms with Crippen LogP contribution in [0.3, 0.4) is 0 Å². The van der Waals surface area contributed by atoms with Crippen LogP contribution in [-0.4, -0.2) is 106 Å². The molecule has 4 N–H and O–H groups in total. The van der Waals surface area contributed by atoms with Gasteiger partial charge < -0.3 is 30.1 Å². The van der Waals surface area contributed by atoms with Crippen LogP contribution < -0.4 is 20.1 Å². The number of allylic oxidation sites excluding steroid dienone is 1. The Morgan fingerprint density at radius 2 is 1.69 bits per heavy atom. The number of hydrogen-bond acceptors (Lipinski definition) is 12. The van der Waals surface area contributed by atoms with Gasteiger partial charge in [-0.25, -0.2) is 22.7 Å². The smallest absolute Gasteiger partial charge is 0.408 e. The number of methoxy groups -OCH3 is 1. The molecule has 2 aromatic carbocycles. The predicted molar refractivity (Wildman–Crippen MR) is 205 cm³/mol. The van der Waals surface area contributed by atoms with Crippen LogP contribution in [0.4, 0.5) is 4.79 Å². The number of aromatic carboxylic acids is 1. The maximum atomic E-state index is 14.6. The van der Waals surface area contributed by atoms with Gasteiger partial charge in [0.05, 0.1) is 23.6 Å². The third kappa shape index (κ3) is 8.83. The molecule has 1 saturated heterocycles. The van der Waals surface area contributed by atoms with Crippen molar-refractivity contribution in [1.82, 2.24) is 40.5 Å². The molecule has 58 heavy (non-hydrogen) atoms. The number of benzene rings is 2. The maximum absolute atomic E-state index is 14.6. The minimum atomic E-state index is -4.49. The molecule has 0 radical (unpaired) electrons. The Morgan fingerprint density at radius 3 is 2.40 bits per heavy atom. The summed E-state index contributed by atoms with van der Waals surface area (Å²) in [7, 11) is -2.93. The van der Waals surface area contributed by atoms with Crippen LogP contribution in [0.25, 0.3) is 11.4 Å². The number of fused-ring (bicyclic) bond motifs is 2. The van der Waals surface area contributed by atoms with Crippen molar-refractivity contribution >= 4 is 39.8 Å². The summed E-state index contributed by atoms with van der Waals surface area (Å²) in [5.74, 6) is -3.07. The van der Waals surface area contributed by atoms with E-state index in [4.69, 9.17) is 9.47 Å². The van der Waals surface area contributed by atoms with E-state index < -0.39 is 69.4 Å². The lowest BCUT2D eigenvalue weighted by atomic mass is 10.0. The van der Waals surface area contributed by atoms with E-state index in [-0.39, 0.29) is 35.9 Å².